The number of nitrogens with one attached hydrogen (secondary N) is 2. The highest BCUT2D eigenvalue weighted by molar-refractivity contribution is 8.16. The lowest BCUT2D eigenvalue weighted by Crippen LogP contribution is -2.50. The number of hydrogen-bond acceptors (Lipinski definition) is 9. The van der Waals surface area contributed by atoms with Gasteiger partial charge in [0.1, 0.15) is 16.3 Å². The number of carbonyl (C=O) groups is 1. The van der Waals surface area contributed by atoms with Crippen LogP contribution in [-0.2, 0) is 11.3 Å². The van der Waals surface area contributed by atoms with Gasteiger partial charge < -0.3 is 19.9 Å². The molecule has 4 rings (SSSR count). The minimum Gasteiger partial charge on any atom is -0.444 e. The van der Waals surface area contributed by atoms with Crippen LogP contribution in [0, 0.1) is 12.3 Å². The number of hydrogen-bond donors (Lipinski definition) is 2. The molecule has 39 heavy (non-hydrogen) atoms. The average molecular weight is 550 g/mol. The van der Waals surface area contributed by atoms with Gasteiger partial charge in [-0.15, -0.1) is 0 Å². The summed E-state index contributed by atoms with van der Waals surface area (Å²) in [7, 11) is 0. The SMILES string of the molecule is C=CSC(=N)c1cc2c(C)nc(Nc3ccc(N4CCN(C(=O)OC(C)(C)C)CC4)cc3)nc2n(CC)c1=O. The Kier molecular flexibility index (Phi) is 8.29. The van der Waals surface area contributed by atoms with Gasteiger partial charge in [0.25, 0.3) is 5.56 Å². The summed E-state index contributed by atoms with van der Waals surface area (Å²) in [4.78, 5) is 38.7. The van der Waals surface area contributed by atoms with Crippen molar-refractivity contribution in [3.05, 3.63) is 63.9 Å². The van der Waals surface area contributed by atoms with E-state index in [2.05, 4.69) is 26.8 Å². The quantitative estimate of drug-likeness (QED) is 0.321. The zero-order valence-electron chi connectivity index (χ0n) is 23.1. The van der Waals surface area contributed by atoms with Gasteiger partial charge in [-0.05, 0) is 70.4 Å². The van der Waals surface area contributed by atoms with Gasteiger partial charge in [0.2, 0.25) is 5.95 Å². The molecule has 0 spiro atoms. The molecule has 10 nitrogen and oxygen atoms in total. The third-order valence-electron chi connectivity index (χ3n) is 6.32. The molecule has 0 atom stereocenters. The number of anilines is 3. The van der Waals surface area contributed by atoms with Crippen molar-refractivity contribution in [3.63, 3.8) is 0 Å². The fourth-order valence-electron chi connectivity index (χ4n) is 4.41. The number of thioether (sulfide) groups is 1. The monoisotopic (exact) mass is 549 g/mol. The van der Waals surface area contributed by atoms with Crippen LogP contribution in [0.3, 0.4) is 0 Å². The van der Waals surface area contributed by atoms with Crippen LogP contribution in [-0.4, -0.2) is 62.4 Å². The number of nitrogens with zero attached hydrogens (tertiary/aromatic N) is 5. The number of fused-ring (bicyclic) bond motifs is 1. The summed E-state index contributed by atoms with van der Waals surface area (Å²) in [5.41, 5.74) is 2.66. The Labute approximate surface area is 232 Å². The second kappa shape index (κ2) is 11.5. The van der Waals surface area contributed by atoms with Crippen molar-refractivity contribution in [2.75, 3.05) is 36.4 Å². The molecule has 0 radical (unpaired) electrons. The molecule has 1 aromatic carbocycles. The van der Waals surface area contributed by atoms with E-state index in [1.807, 2.05) is 58.9 Å². The number of carbonyl (C=O) groups excluding carboxylic acids is 1. The first-order valence-corrected chi connectivity index (χ1v) is 13.8. The molecule has 206 valence electrons. The number of benzene rings is 1. The highest BCUT2D eigenvalue weighted by atomic mass is 32.2. The summed E-state index contributed by atoms with van der Waals surface area (Å²) in [5.74, 6) is 0.392. The van der Waals surface area contributed by atoms with E-state index < -0.39 is 5.60 Å². The van der Waals surface area contributed by atoms with Crippen molar-refractivity contribution in [3.8, 4) is 0 Å². The van der Waals surface area contributed by atoms with Crippen molar-refractivity contribution >= 4 is 51.3 Å². The van der Waals surface area contributed by atoms with Gasteiger partial charge in [0.05, 0.1) is 11.3 Å². The fraction of sp³-hybridized carbons (Fsp3) is 0.393. The minimum absolute atomic E-state index is 0.145. The van der Waals surface area contributed by atoms with E-state index in [1.54, 1.807) is 15.5 Å². The lowest BCUT2D eigenvalue weighted by molar-refractivity contribution is 0.0240. The molecule has 0 aliphatic carbocycles. The van der Waals surface area contributed by atoms with Gasteiger partial charge in [0, 0.05) is 49.5 Å². The lowest BCUT2D eigenvalue weighted by Gasteiger charge is -2.36. The van der Waals surface area contributed by atoms with Crippen LogP contribution in [0.1, 0.15) is 39.0 Å². The normalized spacial score (nSPS) is 13.9. The van der Waals surface area contributed by atoms with Crippen LogP contribution in [0.5, 0.6) is 0 Å². The zero-order chi connectivity index (χ0) is 28.3. The standard InChI is InChI=1S/C28H35N7O3S/c1-7-35-24-21(17-22(25(35)36)23(29)39-8-2)18(3)30-26(32-24)31-19-9-11-20(12-10-19)33-13-15-34(16-14-33)27(37)38-28(4,5)6/h8-12,17,29H,2,7,13-16H2,1,3-6H3,(H,30,31,32). The molecule has 1 aliphatic heterocycles. The molecule has 3 heterocycles. The van der Waals surface area contributed by atoms with Gasteiger partial charge in [-0.2, -0.15) is 4.98 Å². The van der Waals surface area contributed by atoms with E-state index in [4.69, 9.17) is 10.1 Å². The van der Waals surface area contributed by atoms with Gasteiger partial charge in [0.15, 0.2) is 0 Å². The maximum absolute atomic E-state index is 13.1. The number of piperazine rings is 1. The van der Waals surface area contributed by atoms with Crippen LogP contribution >= 0.6 is 11.8 Å². The molecule has 11 heteroatoms. The van der Waals surface area contributed by atoms with Crippen LogP contribution in [0.4, 0.5) is 22.1 Å². The van der Waals surface area contributed by atoms with E-state index in [0.717, 1.165) is 41.6 Å². The topological polar surface area (TPSA) is 116 Å². The maximum Gasteiger partial charge on any atom is 0.410 e. The van der Waals surface area contributed by atoms with E-state index in [-0.39, 0.29) is 16.7 Å². The van der Waals surface area contributed by atoms with Crippen LogP contribution < -0.4 is 15.8 Å². The Balaban J connectivity index is 1.49. The average Bonchev–Trinajstić information content (AvgIpc) is 2.88. The summed E-state index contributed by atoms with van der Waals surface area (Å²) in [5, 5.41) is 13.9. The number of ether oxygens (including phenoxy) is 1. The van der Waals surface area contributed by atoms with Crippen molar-refractivity contribution in [2.24, 2.45) is 0 Å². The first-order chi connectivity index (χ1) is 18.5. The maximum atomic E-state index is 13.1. The molecule has 3 aromatic rings. The first kappa shape index (κ1) is 28.2. The van der Waals surface area contributed by atoms with E-state index in [1.165, 1.54) is 5.41 Å². The molecular weight excluding hydrogens is 514 g/mol. The molecule has 0 unspecified atom stereocenters. The molecule has 1 amide bonds. The van der Waals surface area contributed by atoms with Gasteiger partial charge in [-0.1, -0.05) is 18.3 Å². The Morgan fingerprint density at radius 3 is 2.44 bits per heavy atom. The minimum atomic E-state index is -0.504. The van der Waals surface area contributed by atoms with E-state index in [9.17, 15) is 9.59 Å². The predicted molar refractivity (Wildman–Crippen MR) is 159 cm³/mol. The second-order valence-corrected chi connectivity index (χ2v) is 11.2. The largest absolute Gasteiger partial charge is 0.444 e. The molecule has 2 aromatic heterocycles. The van der Waals surface area contributed by atoms with Gasteiger partial charge >= 0.3 is 6.09 Å². The van der Waals surface area contributed by atoms with Crippen molar-refractivity contribution in [1.82, 2.24) is 19.4 Å². The highest BCUT2D eigenvalue weighted by Crippen LogP contribution is 2.24. The van der Waals surface area contributed by atoms with Crippen LogP contribution in [0.15, 0.2) is 47.1 Å². The summed E-state index contributed by atoms with van der Waals surface area (Å²) in [6.07, 6.45) is -0.272. The Bertz CT molecular complexity index is 1450. The predicted octanol–water partition coefficient (Wildman–Crippen LogP) is 5.12. The summed E-state index contributed by atoms with van der Waals surface area (Å²) >= 11 is 1.11. The Morgan fingerprint density at radius 2 is 1.85 bits per heavy atom. The molecule has 2 N–H and O–H groups in total. The summed E-state index contributed by atoms with van der Waals surface area (Å²) in [6, 6.07) is 9.66. The number of rotatable bonds is 6. The molecule has 1 fully saturated rings. The third kappa shape index (κ3) is 6.42. The summed E-state index contributed by atoms with van der Waals surface area (Å²) < 4.78 is 7.06. The van der Waals surface area contributed by atoms with Crippen molar-refractivity contribution < 1.29 is 9.53 Å². The molecule has 1 saturated heterocycles. The molecule has 1 aliphatic rings. The molecule has 0 saturated carbocycles. The molecular formula is C28H35N7O3S. The Hall–Kier alpha value is -3.86. The van der Waals surface area contributed by atoms with Gasteiger partial charge in [-0.3, -0.25) is 14.8 Å². The molecule has 0 bridgehead atoms. The highest BCUT2D eigenvalue weighted by Gasteiger charge is 2.26. The van der Waals surface area contributed by atoms with E-state index >= 15 is 0 Å². The number of amides is 1. The second-order valence-electron chi connectivity index (χ2n) is 10.2. The van der Waals surface area contributed by atoms with Gasteiger partial charge in [-0.25, -0.2) is 9.78 Å². The lowest BCUT2D eigenvalue weighted by atomic mass is 10.2. The van der Waals surface area contributed by atoms with E-state index in [0.29, 0.717) is 42.5 Å². The zero-order valence-corrected chi connectivity index (χ0v) is 23.9. The van der Waals surface area contributed by atoms with Crippen molar-refractivity contribution in [2.45, 2.75) is 46.8 Å². The fourth-order valence-corrected chi connectivity index (χ4v) is 4.85. The smallest absolute Gasteiger partial charge is 0.410 e. The first-order valence-electron chi connectivity index (χ1n) is 12.9. The summed E-state index contributed by atoms with van der Waals surface area (Å²) in [6.45, 7) is 16.1. The van der Waals surface area contributed by atoms with Crippen LogP contribution in [0.2, 0.25) is 0 Å². The Morgan fingerprint density at radius 1 is 1.18 bits per heavy atom. The third-order valence-corrected chi connectivity index (χ3v) is 6.94. The van der Waals surface area contributed by atoms with Crippen molar-refractivity contribution in [1.29, 1.82) is 5.41 Å². The number of aryl methyl sites for hydroxylation is 2. The number of pyridine rings is 1. The number of aromatic nitrogens is 3. The van der Waals surface area contributed by atoms with Crippen LogP contribution in [0.25, 0.3) is 11.0 Å².